The van der Waals surface area contributed by atoms with Crippen LogP contribution < -0.4 is 10.6 Å². The molecular formula is C21H23N3O. The first-order chi connectivity index (χ1) is 12.1. The second-order valence-corrected chi connectivity index (χ2v) is 7.04. The van der Waals surface area contributed by atoms with Gasteiger partial charge < -0.3 is 15.6 Å². The molecule has 0 saturated heterocycles. The summed E-state index contributed by atoms with van der Waals surface area (Å²) in [6.07, 6.45) is 2.81. The van der Waals surface area contributed by atoms with E-state index in [-0.39, 0.29) is 12.1 Å². The second kappa shape index (κ2) is 6.28. The predicted octanol–water partition coefficient (Wildman–Crippen LogP) is 4.46. The van der Waals surface area contributed by atoms with Gasteiger partial charge in [-0.05, 0) is 62.1 Å². The van der Waals surface area contributed by atoms with E-state index in [1.165, 1.54) is 27.7 Å². The van der Waals surface area contributed by atoms with Gasteiger partial charge in [0.05, 0.1) is 0 Å². The van der Waals surface area contributed by atoms with Gasteiger partial charge in [-0.3, -0.25) is 0 Å². The molecule has 1 heterocycles. The maximum atomic E-state index is 12.3. The van der Waals surface area contributed by atoms with Crippen molar-refractivity contribution in [3.63, 3.8) is 0 Å². The molecule has 4 nitrogen and oxygen atoms in total. The Morgan fingerprint density at radius 3 is 2.80 bits per heavy atom. The second-order valence-electron chi connectivity index (χ2n) is 7.04. The Kier molecular flexibility index (Phi) is 3.96. The standard InChI is InChI=1S/C21H23N3O/c1-13-4-3-5-15(10-13)22-21(25)23-16-7-8-17-18-11-14(2)6-9-19(18)24-20(17)12-16/h3-6,9-11,16,24H,7-8,12H2,1-2H3,(H2,22,23,25). The lowest BCUT2D eigenvalue weighted by Crippen LogP contribution is -2.41. The lowest BCUT2D eigenvalue weighted by molar-refractivity contribution is 0.247. The lowest BCUT2D eigenvalue weighted by Gasteiger charge is -2.23. The number of benzene rings is 2. The SMILES string of the molecule is Cc1cccc(NC(=O)NC2CCc3c([nH]c4ccc(C)cc34)C2)c1. The van der Waals surface area contributed by atoms with Crippen molar-refractivity contribution in [1.29, 1.82) is 0 Å². The van der Waals surface area contributed by atoms with E-state index in [1.54, 1.807) is 0 Å². The van der Waals surface area contributed by atoms with Crippen LogP contribution >= 0.6 is 0 Å². The first kappa shape index (κ1) is 15.8. The van der Waals surface area contributed by atoms with Crippen molar-refractivity contribution in [3.05, 3.63) is 64.8 Å². The zero-order valence-corrected chi connectivity index (χ0v) is 14.6. The number of hydrogen-bond donors (Lipinski definition) is 3. The summed E-state index contributed by atoms with van der Waals surface area (Å²) in [6, 6.07) is 14.4. The average Bonchev–Trinajstić information content (AvgIpc) is 2.91. The minimum Gasteiger partial charge on any atom is -0.358 e. The van der Waals surface area contributed by atoms with Crippen LogP contribution in [0.2, 0.25) is 0 Å². The number of H-pyrrole nitrogens is 1. The van der Waals surface area contributed by atoms with Crippen molar-refractivity contribution in [2.75, 3.05) is 5.32 Å². The molecule has 3 aromatic rings. The highest BCUT2D eigenvalue weighted by molar-refractivity contribution is 5.90. The van der Waals surface area contributed by atoms with Crippen molar-refractivity contribution in [2.45, 2.75) is 39.2 Å². The largest absolute Gasteiger partial charge is 0.358 e. The summed E-state index contributed by atoms with van der Waals surface area (Å²) in [4.78, 5) is 15.8. The van der Waals surface area contributed by atoms with Gasteiger partial charge in [-0.15, -0.1) is 0 Å². The summed E-state index contributed by atoms with van der Waals surface area (Å²) in [7, 11) is 0. The Balaban J connectivity index is 1.45. The molecule has 3 N–H and O–H groups in total. The van der Waals surface area contributed by atoms with Crippen LogP contribution in [0.4, 0.5) is 10.5 Å². The lowest BCUT2D eigenvalue weighted by atomic mass is 9.91. The van der Waals surface area contributed by atoms with Gasteiger partial charge in [0.25, 0.3) is 0 Å². The van der Waals surface area contributed by atoms with Crippen LogP contribution in [0.15, 0.2) is 42.5 Å². The molecule has 0 saturated carbocycles. The van der Waals surface area contributed by atoms with Gasteiger partial charge in [-0.25, -0.2) is 4.79 Å². The molecule has 25 heavy (non-hydrogen) atoms. The van der Waals surface area contributed by atoms with Gasteiger partial charge in [0.15, 0.2) is 0 Å². The number of hydrogen-bond acceptors (Lipinski definition) is 1. The van der Waals surface area contributed by atoms with Gasteiger partial charge in [-0.1, -0.05) is 23.8 Å². The molecule has 4 rings (SSSR count). The molecule has 0 radical (unpaired) electrons. The fourth-order valence-corrected chi connectivity index (χ4v) is 3.74. The number of amides is 2. The maximum Gasteiger partial charge on any atom is 0.319 e. The van der Waals surface area contributed by atoms with Crippen molar-refractivity contribution in [1.82, 2.24) is 10.3 Å². The van der Waals surface area contributed by atoms with E-state index < -0.39 is 0 Å². The summed E-state index contributed by atoms with van der Waals surface area (Å²) in [5.41, 5.74) is 7.11. The molecular weight excluding hydrogens is 310 g/mol. The quantitative estimate of drug-likeness (QED) is 0.637. The predicted molar refractivity (Wildman–Crippen MR) is 102 cm³/mol. The van der Waals surface area contributed by atoms with Crippen LogP contribution in [-0.4, -0.2) is 17.1 Å². The third-order valence-corrected chi connectivity index (χ3v) is 4.95. The van der Waals surface area contributed by atoms with E-state index in [1.807, 2.05) is 31.2 Å². The van der Waals surface area contributed by atoms with Crippen molar-refractivity contribution < 1.29 is 4.79 Å². The maximum absolute atomic E-state index is 12.3. The normalized spacial score (nSPS) is 16.5. The van der Waals surface area contributed by atoms with E-state index in [9.17, 15) is 4.79 Å². The van der Waals surface area contributed by atoms with Crippen molar-refractivity contribution >= 4 is 22.6 Å². The van der Waals surface area contributed by atoms with E-state index in [2.05, 4.69) is 40.7 Å². The van der Waals surface area contributed by atoms with Gasteiger partial charge in [0.1, 0.15) is 0 Å². The molecule has 2 amide bonds. The molecule has 0 spiro atoms. The molecule has 2 aromatic carbocycles. The van der Waals surface area contributed by atoms with E-state index in [0.717, 1.165) is 30.5 Å². The topological polar surface area (TPSA) is 56.9 Å². The van der Waals surface area contributed by atoms with Crippen LogP contribution in [0.3, 0.4) is 0 Å². The highest BCUT2D eigenvalue weighted by Gasteiger charge is 2.23. The zero-order chi connectivity index (χ0) is 17.4. The van der Waals surface area contributed by atoms with E-state index >= 15 is 0 Å². The Morgan fingerprint density at radius 2 is 1.96 bits per heavy atom. The Morgan fingerprint density at radius 1 is 1.12 bits per heavy atom. The summed E-state index contributed by atoms with van der Waals surface area (Å²) < 4.78 is 0. The van der Waals surface area contributed by atoms with Crippen LogP contribution in [0.25, 0.3) is 10.9 Å². The molecule has 128 valence electrons. The van der Waals surface area contributed by atoms with Gasteiger partial charge in [-0.2, -0.15) is 0 Å². The number of fused-ring (bicyclic) bond motifs is 3. The van der Waals surface area contributed by atoms with Gasteiger partial charge >= 0.3 is 6.03 Å². The summed E-state index contributed by atoms with van der Waals surface area (Å²) >= 11 is 0. The zero-order valence-electron chi connectivity index (χ0n) is 14.6. The molecule has 0 aliphatic heterocycles. The first-order valence-corrected chi connectivity index (χ1v) is 8.83. The molecule has 1 aliphatic carbocycles. The molecule has 1 aliphatic rings. The number of nitrogens with one attached hydrogen (secondary N) is 3. The Labute approximate surface area is 147 Å². The third kappa shape index (κ3) is 3.25. The monoisotopic (exact) mass is 333 g/mol. The average molecular weight is 333 g/mol. The highest BCUT2D eigenvalue weighted by Crippen LogP contribution is 2.29. The van der Waals surface area contributed by atoms with E-state index in [4.69, 9.17) is 0 Å². The fraction of sp³-hybridized carbons (Fsp3) is 0.286. The number of aryl methyl sites for hydroxylation is 3. The summed E-state index contributed by atoms with van der Waals surface area (Å²) in [6.45, 7) is 4.14. The Hall–Kier alpha value is -2.75. The number of aromatic amines is 1. The Bertz CT molecular complexity index is 941. The minimum absolute atomic E-state index is 0.133. The van der Waals surface area contributed by atoms with Crippen LogP contribution in [-0.2, 0) is 12.8 Å². The number of carbonyl (C=O) groups is 1. The number of carbonyl (C=O) groups excluding carboxylic acids is 1. The summed E-state index contributed by atoms with van der Waals surface area (Å²) in [5, 5.41) is 7.37. The minimum atomic E-state index is -0.133. The van der Waals surface area contributed by atoms with Crippen LogP contribution in [0.5, 0.6) is 0 Å². The smallest absolute Gasteiger partial charge is 0.319 e. The number of rotatable bonds is 2. The molecule has 1 unspecified atom stereocenters. The first-order valence-electron chi connectivity index (χ1n) is 8.83. The van der Waals surface area contributed by atoms with Crippen molar-refractivity contribution in [2.24, 2.45) is 0 Å². The number of aromatic nitrogens is 1. The molecule has 4 heteroatoms. The van der Waals surface area contributed by atoms with E-state index in [0.29, 0.717) is 0 Å². The molecule has 0 bridgehead atoms. The number of anilines is 1. The van der Waals surface area contributed by atoms with Gasteiger partial charge in [0, 0.05) is 34.7 Å². The molecule has 1 aromatic heterocycles. The number of urea groups is 1. The van der Waals surface area contributed by atoms with Crippen LogP contribution in [0, 0.1) is 13.8 Å². The van der Waals surface area contributed by atoms with Crippen LogP contribution in [0.1, 0.15) is 28.8 Å². The van der Waals surface area contributed by atoms with Gasteiger partial charge in [0.2, 0.25) is 0 Å². The van der Waals surface area contributed by atoms with Crippen molar-refractivity contribution in [3.8, 4) is 0 Å². The molecule has 1 atom stereocenters. The third-order valence-electron chi connectivity index (χ3n) is 4.95. The summed E-state index contributed by atoms with van der Waals surface area (Å²) in [5.74, 6) is 0. The highest BCUT2D eigenvalue weighted by atomic mass is 16.2. The fourth-order valence-electron chi connectivity index (χ4n) is 3.74. The molecule has 0 fully saturated rings.